The molecule has 0 spiro atoms. The highest BCUT2D eigenvalue weighted by atomic mass is 35.5. The van der Waals surface area contributed by atoms with Crippen molar-refractivity contribution in [3.63, 3.8) is 0 Å². The first-order valence-corrected chi connectivity index (χ1v) is 12.5. The second-order valence-electron chi connectivity index (χ2n) is 8.30. The molecule has 0 aromatic heterocycles. The van der Waals surface area contributed by atoms with E-state index in [0.717, 1.165) is 22.1 Å². The van der Waals surface area contributed by atoms with Gasteiger partial charge in [0.1, 0.15) is 5.37 Å². The zero-order valence-corrected chi connectivity index (χ0v) is 20.0. The number of carbonyl (C=O) groups is 2. The van der Waals surface area contributed by atoms with Gasteiger partial charge in [-0.3, -0.25) is 9.59 Å². The van der Waals surface area contributed by atoms with Crippen LogP contribution in [0.3, 0.4) is 0 Å². The minimum atomic E-state index is -0.118. The molecule has 0 saturated carbocycles. The van der Waals surface area contributed by atoms with Crippen LogP contribution in [0.25, 0.3) is 10.8 Å². The molecular weight excluding hydrogens is 464 g/mol. The number of amides is 2. The van der Waals surface area contributed by atoms with Crippen molar-refractivity contribution in [2.45, 2.75) is 18.5 Å². The van der Waals surface area contributed by atoms with Gasteiger partial charge in [0.25, 0.3) is 5.91 Å². The predicted molar refractivity (Wildman–Crippen MR) is 139 cm³/mol. The standard InChI is InChI=1S/C28H23ClN2O2S/c29-25-13-6-19(7-14-25)17-31-26(32)18-34-28(31)23-11-9-22(10-12-23)27(33)30-16-20-5-8-21-3-1-2-4-24(21)15-20/h1-15,28H,16-18H2,(H,30,33)/t28-/m1/s1. The molecule has 2 amide bonds. The van der Waals surface area contributed by atoms with Crippen LogP contribution in [0.2, 0.25) is 5.02 Å². The molecule has 1 fully saturated rings. The van der Waals surface area contributed by atoms with Crippen LogP contribution in [-0.2, 0) is 17.9 Å². The smallest absolute Gasteiger partial charge is 0.251 e. The summed E-state index contributed by atoms with van der Waals surface area (Å²) in [5, 5.41) is 5.95. The monoisotopic (exact) mass is 486 g/mol. The number of fused-ring (bicyclic) bond motifs is 1. The van der Waals surface area contributed by atoms with Gasteiger partial charge in [-0.1, -0.05) is 72.3 Å². The zero-order valence-electron chi connectivity index (χ0n) is 18.4. The topological polar surface area (TPSA) is 49.4 Å². The highest BCUT2D eigenvalue weighted by Gasteiger charge is 2.32. The van der Waals surface area contributed by atoms with E-state index in [1.54, 1.807) is 11.8 Å². The molecule has 1 aliphatic rings. The Morgan fingerprint density at radius 1 is 0.912 bits per heavy atom. The fourth-order valence-electron chi connectivity index (χ4n) is 4.12. The van der Waals surface area contributed by atoms with Crippen molar-refractivity contribution in [2.24, 2.45) is 0 Å². The van der Waals surface area contributed by atoms with Crippen LogP contribution in [0.1, 0.15) is 32.4 Å². The molecule has 5 rings (SSSR count). The van der Waals surface area contributed by atoms with E-state index in [1.807, 2.05) is 71.6 Å². The van der Waals surface area contributed by atoms with Gasteiger partial charge in [-0.15, -0.1) is 11.8 Å². The third kappa shape index (κ3) is 4.96. The number of benzene rings is 4. The van der Waals surface area contributed by atoms with E-state index in [2.05, 4.69) is 29.6 Å². The molecule has 0 unspecified atom stereocenters. The van der Waals surface area contributed by atoms with Gasteiger partial charge in [0.05, 0.1) is 5.75 Å². The van der Waals surface area contributed by atoms with Gasteiger partial charge in [-0.2, -0.15) is 0 Å². The zero-order chi connectivity index (χ0) is 23.5. The maximum absolute atomic E-state index is 12.7. The minimum Gasteiger partial charge on any atom is -0.348 e. The quantitative estimate of drug-likeness (QED) is 0.353. The number of nitrogens with one attached hydrogen (secondary N) is 1. The summed E-state index contributed by atoms with van der Waals surface area (Å²) in [7, 11) is 0. The van der Waals surface area contributed by atoms with Crippen molar-refractivity contribution in [3.05, 3.63) is 118 Å². The van der Waals surface area contributed by atoms with E-state index in [0.29, 0.717) is 29.4 Å². The summed E-state index contributed by atoms with van der Waals surface area (Å²) < 4.78 is 0. The summed E-state index contributed by atoms with van der Waals surface area (Å²) in [4.78, 5) is 27.1. The van der Waals surface area contributed by atoms with Gasteiger partial charge in [-0.25, -0.2) is 0 Å². The fourth-order valence-corrected chi connectivity index (χ4v) is 5.43. The highest BCUT2D eigenvalue weighted by molar-refractivity contribution is 8.00. The van der Waals surface area contributed by atoms with Crippen LogP contribution in [0.15, 0.2) is 91.0 Å². The van der Waals surface area contributed by atoms with Crippen LogP contribution in [0.5, 0.6) is 0 Å². The van der Waals surface area contributed by atoms with Crippen molar-refractivity contribution in [3.8, 4) is 0 Å². The number of thioether (sulfide) groups is 1. The Morgan fingerprint density at radius 3 is 2.38 bits per heavy atom. The van der Waals surface area contributed by atoms with Crippen LogP contribution in [0, 0.1) is 0 Å². The normalized spacial score (nSPS) is 15.6. The van der Waals surface area contributed by atoms with E-state index in [4.69, 9.17) is 11.6 Å². The summed E-state index contributed by atoms with van der Waals surface area (Å²) in [5.74, 6) is 0.446. The van der Waals surface area contributed by atoms with Gasteiger partial charge in [-0.05, 0) is 57.8 Å². The predicted octanol–water partition coefficient (Wildman–Crippen LogP) is 6.20. The number of halogens is 1. The molecule has 1 saturated heterocycles. The van der Waals surface area contributed by atoms with Crippen molar-refractivity contribution in [1.82, 2.24) is 10.2 Å². The van der Waals surface area contributed by atoms with Crippen molar-refractivity contribution < 1.29 is 9.59 Å². The number of rotatable bonds is 6. The van der Waals surface area contributed by atoms with Gasteiger partial charge >= 0.3 is 0 Å². The summed E-state index contributed by atoms with van der Waals surface area (Å²) in [6.45, 7) is 0.995. The molecule has 1 heterocycles. The number of hydrogen-bond donors (Lipinski definition) is 1. The van der Waals surface area contributed by atoms with E-state index >= 15 is 0 Å². The van der Waals surface area contributed by atoms with E-state index in [1.165, 1.54) is 5.39 Å². The van der Waals surface area contributed by atoms with Crippen LogP contribution < -0.4 is 5.32 Å². The summed E-state index contributed by atoms with van der Waals surface area (Å²) in [6.07, 6.45) is 0. The lowest BCUT2D eigenvalue weighted by atomic mass is 10.1. The van der Waals surface area contributed by atoms with Crippen LogP contribution in [0.4, 0.5) is 0 Å². The van der Waals surface area contributed by atoms with E-state index in [9.17, 15) is 9.59 Å². The second-order valence-corrected chi connectivity index (χ2v) is 9.80. The van der Waals surface area contributed by atoms with Gasteiger partial charge in [0.2, 0.25) is 5.91 Å². The maximum Gasteiger partial charge on any atom is 0.251 e. The van der Waals surface area contributed by atoms with Crippen molar-refractivity contribution >= 4 is 45.9 Å². The van der Waals surface area contributed by atoms with Crippen molar-refractivity contribution in [2.75, 3.05) is 5.75 Å². The number of nitrogens with zero attached hydrogens (tertiary/aromatic N) is 1. The molecule has 0 aliphatic carbocycles. The molecule has 170 valence electrons. The number of hydrogen-bond acceptors (Lipinski definition) is 3. The van der Waals surface area contributed by atoms with Gasteiger partial charge in [0.15, 0.2) is 0 Å². The first kappa shape index (κ1) is 22.5. The SMILES string of the molecule is O=C(NCc1ccc2ccccc2c1)c1ccc([C@H]2SCC(=O)N2Cc2ccc(Cl)cc2)cc1. The Balaban J connectivity index is 1.24. The maximum atomic E-state index is 12.7. The first-order valence-electron chi connectivity index (χ1n) is 11.1. The first-order chi connectivity index (χ1) is 16.6. The molecule has 34 heavy (non-hydrogen) atoms. The summed E-state index contributed by atoms with van der Waals surface area (Å²) in [6, 6.07) is 29.5. The molecule has 0 bridgehead atoms. The van der Waals surface area contributed by atoms with Gasteiger partial charge in [0, 0.05) is 23.7 Å². The Bertz CT molecular complexity index is 1340. The highest BCUT2D eigenvalue weighted by Crippen LogP contribution is 2.39. The molecule has 4 aromatic rings. The third-order valence-electron chi connectivity index (χ3n) is 5.96. The van der Waals surface area contributed by atoms with E-state index in [-0.39, 0.29) is 17.2 Å². The minimum absolute atomic E-state index is 0.0714. The lowest BCUT2D eigenvalue weighted by Gasteiger charge is -2.24. The lowest BCUT2D eigenvalue weighted by Crippen LogP contribution is -2.27. The molecule has 1 aliphatic heterocycles. The Morgan fingerprint density at radius 2 is 1.62 bits per heavy atom. The molecule has 4 aromatic carbocycles. The Kier molecular flexibility index (Phi) is 6.57. The van der Waals surface area contributed by atoms with Crippen LogP contribution in [-0.4, -0.2) is 22.5 Å². The summed E-state index contributed by atoms with van der Waals surface area (Å²) in [5.41, 5.74) is 3.70. The largest absolute Gasteiger partial charge is 0.348 e. The lowest BCUT2D eigenvalue weighted by molar-refractivity contribution is -0.128. The van der Waals surface area contributed by atoms with Crippen LogP contribution >= 0.6 is 23.4 Å². The average molecular weight is 487 g/mol. The van der Waals surface area contributed by atoms with Crippen molar-refractivity contribution in [1.29, 1.82) is 0 Å². The molecule has 1 N–H and O–H groups in total. The molecule has 4 nitrogen and oxygen atoms in total. The molecule has 0 radical (unpaired) electrons. The third-order valence-corrected chi connectivity index (χ3v) is 7.47. The fraction of sp³-hybridized carbons (Fsp3) is 0.143. The average Bonchev–Trinajstić information content (AvgIpc) is 3.23. The Labute approximate surface area is 207 Å². The molecular formula is C28H23ClN2O2S. The van der Waals surface area contributed by atoms with E-state index < -0.39 is 0 Å². The van der Waals surface area contributed by atoms with Gasteiger partial charge < -0.3 is 10.2 Å². The summed E-state index contributed by atoms with van der Waals surface area (Å²) >= 11 is 7.59. The molecule has 6 heteroatoms. The molecule has 1 atom stereocenters. The second kappa shape index (κ2) is 9.92. The number of carbonyl (C=O) groups excluding carboxylic acids is 2. The Hall–Kier alpha value is -3.28.